The van der Waals surface area contributed by atoms with Crippen LogP contribution in [0.1, 0.15) is 23.6 Å². The molecule has 78 valence electrons. The minimum absolute atomic E-state index is 0.384. The zero-order valence-electron chi connectivity index (χ0n) is 9.20. The van der Waals surface area contributed by atoms with Gasteiger partial charge in [0.15, 0.2) is 0 Å². The molecule has 2 unspecified atom stereocenters. The summed E-state index contributed by atoms with van der Waals surface area (Å²) >= 11 is 0. The number of hydrogen-bond acceptors (Lipinski definition) is 1. The monoisotopic (exact) mass is 200 g/mol. The molecule has 0 spiro atoms. The molecule has 1 saturated carbocycles. The Kier molecular flexibility index (Phi) is 1.71. The van der Waals surface area contributed by atoms with Crippen LogP contribution in [0.5, 0.6) is 0 Å². The smallest absolute Gasteiger partial charge is 0.0482 e. The summed E-state index contributed by atoms with van der Waals surface area (Å²) in [6.45, 7) is 2.19. The molecule has 1 fully saturated rings. The fourth-order valence-electron chi connectivity index (χ4n) is 2.56. The van der Waals surface area contributed by atoms with Gasteiger partial charge in [-0.3, -0.25) is 0 Å². The van der Waals surface area contributed by atoms with E-state index in [-0.39, 0.29) is 0 Å². The maximum absolute atomic E-state index is 5.96. The normalized spacial score (nSPS) is 24.7. The topological polar surface area (TPSA) is 30.9 Å². The van der Waals surface area contributed by atoms with Crippen molar-refractivity contribution in [3.8, 4) is 0 Å². The van der Waals surface area contributed by atoms with Gasteiger partial charge in [0.2, 0.25) is 0 Å². The number of aromatic nitrogens is 1. The molecule has 0 radical (unpaired) electrons. The number of aryl methyl sites for hydroxylation is 1. The highest BCUT2D eigenvalue weighted by molar-refractivity contribution is 5.86. The quantitative estimate of drug-likeness (QED) is 0.752. The van der Waals surface area contributed by atoms with Crippen molar-refractivity contribution in [2.45, 2.75) is 25.3 Å². The minimum atomic E-state index is 0.384. The molecular weight excluding hydrogens is 184 g/mol. The highest BCUT2D eigenvalue weighted by atomic mass is 15.0. The maximum atomic E-state index is 5.96. The zero-order chi connectivity index (χ0) is 10.6. The first-order valence-electron chi connectivity index (χ1n) is 5.49. The van der Waals surface area contributed by atoms with Crippen LogP contribution in [0.25, 0.3) is 10.9 Å². The first kappa shape index (κ1) is 8.98. The molecular formula is C13H16N2. The Labute approximate surface area is 89.7 Å². The number of rotatable bonds is 1. The second-order valence-corrected chi connectivity index (χ2v) is 4.58. The first-order valence-corrected chi connectivity index (χ1v) is 5.49. The lowest BCUT2D eigenvalue weighted by Crippen LogP contribution is -2.02. The van der Waals surface area contributed by atoms with E-state index in [0.29, 0.717) is 12.0 Å². The lowest BCUT2D eigenvalue weighted by molar-refractivity contribution is 0.888. The molecule has 1 aromatic carbocycles. The second kappa shape index (κ2) is 2.86. The number of benzene rings is 1. The van der Waals surface area contributed by atoms with Crippen molar-refractivity contribution in [1.29, 1.82) is 0 Å². The molecule has 2 atom stereocenters. The number of fused-ring (bicyclic) bond motifs is 1. The van der Waals surface area contributed by atoms with Crippen molar-refractivity contribution >= 4 is 10.9 Å². The number of nitrogens with zero attached hydrogens (tertiary/aromatic N) is 1. The molecule has 15 heavy (non-hydrogen) atoms. The van der Waals surface area contributed by atoms with Crippen LogP contribution < -0.4 is 5.73 Å². The minimum Gasteiger partial charge on any atom is -0.348 e. The van der Waals surface area contributed by atoms with Crippen molar-refractivity contribution in [2.75, 3.05) is 0 Å². The number of para-hydroxylation sites is 1. The molecule has 2 nitrogen and oxygen atoms in total. The SMILES string of the molecule is Cc1c(C2CC2N)c2ccccc2n1C. The summed E-state index contributed by atoms with van der Waals surface area (Å²) in [6, 6.07) is 8.98. The van der Waals surface area contributed by atoms with Crippen molar-refractivity contribution in [3.63, 3.8) is 0 Å². The number of nitrogens with two attached hydrogens (primary N) is 1. The maximum Gasteiger partial charge on any atom is 0.0482 e. The Morgan fingerprint density at radius 3 is 2.67 bits per heavy atom. The summed E-state index contributed by atoms with van der Waals surface area (Å²) in [5.41, 5.74) is 10.1. The third-order valence-electron chi connectivity index (χ3n) is 3.66. The van der Waals surface area contributed by atoms with Crippen LogP contribution in [0.3, 0.4) is 0 Å². The standard InChI is InChI=1S/C13H16N2/c1-8-13(10-7-11(10)14)9-5-3-4-6-12(9)15(8)2/h3-6,10-11H,7,14H2,1-2H3. The molecule has 0 aliphatic heterocycles. The molecule has 2 heteroatoms. The van der Waals surface area contributed by atoms with E-state index in [1.165, 1.54) is 22.2 Å². The third kappa shape index (κ3) is 1.15. The molecule has 1 heterocycles. The van der Waals surface area contributed by atoms with Gasteiger partial charge < -0.3 is 10.3 Å². The summed E-state index contributed by atoms with van der Waals surface area (Å²) in [5.74, 6) is 0.594. The Balaban J connectivity index is 2.32. The Morgan fingerprint density at radius 2 is 2.00 bits per heavy atom. The molecule has 0 amide bonds. The van der Waals surface area contributed by atoms with Gasteiger partial charge in [0.05, 0.1) is 0 Å². The van der Waals surface area contributed by atoms with Gasteiger partial charge in [-0.25, -0.2) is 0 Å². The number of hydrogen-bond donors (Lipinski definition) is 1. The van der Waals surface area contributed by atoms with E-state index in [1.807, 2.05) is 0 Å². The average molecular weight is 200 g/mol. The van der Waals surface area contributed by atoms with Crippen molar-refractivity contribution in [2.24, 2.45) is 12.8 Å². The predicted molar refractivity (Wildman–Crippen MR) is 63.0 cm³/mol. The molecule has 0 saturated heterocycles. The van der Waals surface area contributed by atoms with Crippen LogP contribution in [0.2, 0.25) is 0 Å². The van der Waals surface area contributed by atoms with E-state index >= 15 is 0 Å². The van der Waals surface area contributed by atoms with Gasteiger partial charge in [0.25, 0.3) is 0 Å². The summed E-state index contributed by atoms with van der Waals surface area (Å²) < 4.78 is 2.27. The van der Waals surface area contributed by atoms with E-state index < -0.39 is 0 Å². The van der Waals surface area contributed by atoms with Crippen LogP contribution in [0, 0.1) is 6.92 Å². The van der Waals surface area contributed by atoms with Crippen LogP contribution in [-0.4, -0.2) is 10.6 Å². The van der Waals surface area contributed by atoms with E-state index in [1.54, 1.807) is 0 Å². The Hall–Kier alpha value is -1.28. The summed E-state index contributed by atoms with van der Waals surface area (Å²) in [6.07, 6.45) is 1.15. The summed E-state index contributed by atoms with van der Waals surface area (Å²) in [4.78, 5) is 0. The molecule has 1 aliphatic carbocycles. The van der Waals surface area contributed by atoms with Crippen LogP contribution in [0.15, 0.2) is 24.3 Å². The first-order chi connectivity index (χ1) is 7.20. The van der Waals surface area contributed by atoms with Crippen molar-refractivity contribution in [1.82, 2.24) is 4.57 Å². The average Bonchev–Trinajstić information content (AvgIpc) is 2.89. The highest BCUT2D eigenvalue weighted by Crippen LogP contribution is 2.44. The molecule has 2 aromatic rings. The van der Waals surface area contributed by atoms with Crippen LogP contribution in [0.4, 0.5) is 0 Å². The van der Waals surface area contributed by atoms with Gasteiger partial charge in [-0.2, -0.15) is 0 Å². The Bertz CT molecular complexity index is 525. The fourth-order valence-corrected chi connectivity index (χ4v) is 2.56. The molecule has 0 bridgehead atoms. The predicted octanol–water partition coefficient (Wildman–Crippen LogP) is 2.30. The van der Waals surface area contributed by atoms with E-state index in [4.69, 9.17) is 5.73 Å². The van der Waals surface area contributed by atoms with Gasteiger partial charge >= 0.3 is 0 Å². The largest absolute Gasteiger partial charge is 0.348 e. The highest BCUT2D eigenvalue weighted by Gasteiger charge is 2.38. The summed E-state index contributed by atoms with van der Waals surface area (Å²) in [5, 5.41) is 1.38. The van der Waals surface area contributed by atoms with Gasteiger partial charge in [-0.1, -0.05) is 18.2 Å². The van der Waals surface area contributed by atoms with E-state index in [0.717, 1.165) is 6.42 Å². The van der Waals surface area contributed by atoms with Gasteiger partial charge in [-0.15, -0.1) is 0 Å². The third-order valence-corrected chi connectivity index (χ3v) is 3.66. The lowest BCUT2D eigenvalue weighted by Gasteiger charge is -1.99. The molecule has 2 N–H and O–H groups in total. The molecule has 3 rings (SSSR count). The lowest BCUT2D eigenvalue weighted by atomic mass is 10.1. The van der Waals surface area contributed by atoms with Crippen LogP contribution >= 0.6 is 0 Å². The van der Waals surface area contributed by atoms with Gasteiger partial charge in [0, 0.05) is 35.6 Å². The zero-order valence-corrected chi connectivity index (χ0v) is 9.20. The van der Waals surface area contributed by atoms with Gasteiger partial charge in [-0.05, 0) is 25.0 Å². The van der Waals surface area contributed by atoms with E-state index in [9.17, 15) is 0 Å². The molecule has 1 aliphatic rings. The fraction of sp³-hybridized carbons (Fsp3) is 0.385. The van der Waals surface area contributed by atoms with E-state index in [2.05, 4.69) is 42.8 Å². The van der Waals surface area contributed by atoms with Crippen molar-refractivity contribution < 1.29 is 0 Å². The van der Waals surface area contributed by atoms with Gasteiger partial charge in [0.1, 0.15) is 0 Å². The summed E-state index contributed by atoms with van der Waals surface area (Å²) in [7, 11) is 2.13. The Morgan fingerprint density at radius 1 is 1.33 bits per heavy atom. The van der Waals surface area contributed by atoms with Crippen molar-refractivity contribution in [3.05, 3.63) is 35.5 Å². The van der Waals surface area contributed by atoms with Crippen LogP contribution in [-0.2, 0) is 7.05 Å². The second-order valence-electron chi connectivity index (χ2n) is 4.58. The molecule has 1 aromatic heterocycles.